The van der Waals surface area contributed by atoms with E-state index in [1.54, 1.807) is 11.8 Å². The average Bonchev–Trinajstić information content (AvgIpc) is 2.42. The number of benzene rings is 2. The van der Waals surface area contributed by atoms with E-state index in [0.717, 1.165) is 21.2 Å². The molecule has 1 unspecified atom stereocenters. The highest BCUT2D eigenvalue weighted by Crippen LogP contribution is 2.22. The number of thioether (sulfide) groups is 1. The Morgan fingerprint density at radius 3 is 2.37 bits per heavy atom. The van der Waals surface area contributed by atoms with E-state index in [0.29, 0.717) is 5.25 Å². The van der Waals surface area contributed by atoms with Crippen molar-refractivity contribution in [2.24, 2.45) is 0 Å². The topological polar surface area (TPSA) is 0 Å². The largest absolute Gasteiger partial charge is 0.111 e. The van der Waals surface area contributed by atoms with Gasteiger partial charge in [0.15, 0.2) is 0 Å². The van der Waals surface area contributed by atoms with Crippen molar-refractivity contribution in [2.45, 2.75) is 18.6 Å². The van der Waals surface area contributed by atoms with Gasteiger partial charge in [0.2, 0.25) is 0 Å². The monoisotopic (exact) mass is 306 g/mol. The zero-order chi connectivity index (χ0) is 13.7. The van der Waals surface area contributed by atoms with Crippen LogP contribution in [0.3, 0.4) is 0 Å². The quantitative estimate of drug-likeness (QED) is 0.696. The number of hydrogen-bond acceptors (Lipinski definition) is 2. The van der Waals surface area contributed by atoms with Crippen molar-refractivity contribution in [3.63, 3.8) is 0 Å². The van der Waals surface area contributed by atoms with Crippen molar-refractivity contribution in [3.8, 4) is 0 Å². The molecule has 0 nitrogen and oxygen atoms in total. The summed E-state index contributed by atoms with van der Waals surface area (Å²) in [5.74, 6) is 0. The normalized spacial score (nSPS) is 12.1. The summed E-state index contributed by atoms with van der Waals surface area (Å²) in [5.41, 5.74) is 2.42. The number of thiocarbonyl (C=S) groups is 1. The van der Waals surface area contributed by atoms with Gasteiger partial charge in [-0.2, -0.15) is 0 Å². The maximum absolute atomic E-state index is 5.89. The third-order valence-electron chi connectivity index (χ3n) is 2.75. The van der Waals surface area contributed by atoms with E-state index in [1.807, 2.05) is 30.3 Å². The Morgan fingerprint density at radius 2 is 1.74 bits per heavy atom. The molecule has 2 aromatic carbocycles. The maximum Gasteiger partial charge on any atom is 0.0780 e. The zero-order valence-corrected chi connectivity index (χ0v) is 13.1. The zero-order valence-electron chi connectivity index (χ0n) is 10.7. The second kappa shape index (κ2) is 7.09. The van der Waals surface area contributed by atoms with Crippen molar-refractivity contribution in [1.82, 2.24) is 0 Å². The molecule has 0 fully saturated rings. The Labute approximate surface area is 129 Å². The van der Waals surface area contributed by atoms with E-state index in [2.05, 4.69) is 31.2 Å². The summed E-state index contributed by atoms with van der Waals surface area (Å²) in [6.07, 6.45) is 0.995. The lowest BCUT2D eigenvalue weighted by atomic mass is 10.1. The molecule has 0 radical (unpaired) electrons. The van der Waals surface area contributed by atoms with Gasteiger partial charge >= 0.3 is 0 Å². The molecule has 3 heteroatoms. The fourth-order valence-corrected chi connectivity index (χ4v) is 3.49. The van der Waals surface area contributed by atoms with Crippen LogP contribution in [0.1, 0.15) is 18.1 Å². The number of rotatable bonds is 4. The summed E-state index contributed by atoms with van der Waals surface area (Å²) in [4.78, 5) is 0. The summed E-state index contributed by atoms with van der Waals surface area (Å²) >= 11 is 13.1. The van der Waals surface area contributed by atoms with Crippen molar-refractivity contribution < 1.29 is 0 Å². The highest BCUT2D eigenvalue weighted by atomic mass is 35.5. The molecular weight excluding hydrogens is 292 g/mol. The smallest absolute Gasteiger partial charge is 0.0780 e. The molecular formula is C16H15ClS2. The van der Waals surface area contributed by atoms with Crippen LogP contribution < -0.4 is 0 Å². The summed E-state index contributed by atoms with van der Waals surface area (Å²) in [6.45, 7) is 2.20. The molecule has 0 amide bonds. The van der Waals surface area contributed by atoms with E-state index in [9.17, 15) is 0 Å². The first kappa shape index (κ1) is 14.6. The molecule has 0 N–H and O–H groups in total. The molecule has 0 aliphatic heterocycles. The first-order chi connectivity index (χ1) is 9.15. The molecule has 0 saturated heterocycles. The molecule has 1 atom stereocenters. The van der Waals surface area contributed by atoms with Gasteiger partial charge in [-0.15, -0.1) is 11.8 Å². The van der Waals surface area contributed by atoms with Gasteiger partial charge < -0.3 is 0 Å². The molecule has 0 aromatic heterocycles. The SMILES string of the molecule is CC(Cc1ccc(Cl)cc1)SC(=S)c1ccccc1. The van der Waals surface area contributed by atoms with Gasteiger partial charge in [-0.3, -0.25) is 0 Å². The lowest BCUT2D eigenvalue weighted by molar-refractivity contribution is 0.948. The number of halogens is 1. The lowest BCUT2D eigenvalue weighted by Gasteiger charge is -2.12. The van der Waals surface area contributed by atoms with Crippen molar-refractivity contribution >= 4 is 39.8 Å². The van der Waals surface area contributed by atoms with Crippen LogP contribution in [0.15, 0.2) is 54.6 Å². The van der Waals surface area contributed by atoms with Gasteiger partial charge in [-0.05, 0) is 29.7 Å². The minimum Gasteiger partial charge on any atom is -0.111 e. The van der Waals surface area contributed by atoms with Crippen LogP contribution in [0.4, 0.5) is 0 Å². The standard InChI is InChI=1S/C16H15ClS2/c1-12(11-13-7-9-15(17)10-8-13)19-16(18)14-5-3-2-4-6-14/h2-10,12H,11H2,1H3. The molecule has 19 heavy (non-hydrogen) atoms. The molecule has 0 bridgehead atoms. The average molecular weight is 307 g/mol. The van der Waals surface area contributed by atoms with Crippen LogP contribution in [0, 0.1) is 0 Å². The van der Waals surface area contributed by atoms with Gasteiger partial charge in [0.25, 0.3) is 0 Å². The van der Waals surface area contributed by atoms with Gasteiger partial charge in [0.05, 0.1) is 4.20 Å². The molecule has 0 heterocycles. The van der Waals surface area contributed by atoms with Crippen molar-refractivity contribution in [2.75, 3.05) is 0 Å². The van der Waals surface area contributed by atoms with Crippen LogP contribution in [0.2, 0.25) is 5.02 Å². The van der Waals surface area contributed by atoms with Crippen LogP contribution in [-0.2, 0) is 6.42 Å². The first-order valence-corrected chi connectivity index (χ1v) is 7.82. The molecule has 0 saturated carbocycles. The van der Waals surface area contributed by atoms with Crippen LogP contribution >= 0.6 is 35.6 Å². The summed E-state index contributed by atoms with van der Waals surface area (Å²) in [6, 6.07) is 18.2. The van der Waals surface area contributed by atoms with E-state index >= 15 is 0 Å². The molecule has 0 aliphatic carbocycles. The Kier molecular flexibility index (Phi) is 5.44. The fourth-order valence-electron chi connectivity index (χ4n) is 1.82. The van der Waals surface area contributed by atoms with Crippen LogP contribution in [0.5, 0.6) is 0 Å². The Balaban J connectivity index is 1.92. The third kappa shape index (κ3) is 4.64. The van der Waals surface area contributed by atoms with E-state index in [-0.39, 0.29) is 0 Å². The fraction of sp³-hybridized carbons (Fsp3) is 0.188. The molecule has 0 aliphatic rings. The minimum absolute atomic E-state index is 0.453. The van der Waals surface area contributed by atoms with Gasteiger partial charge in [-0.1, -0.05) is 73.2 Å². The van der Waals surface area contributed by atoms with E-state index < -0.39 is 0 Å². The summed E-state index contributed by atoms with van der Waals surface area (Å²) < 4.78 is 0.960. The molecule has 98 valence electrons. The van der Waals surface area contributed by atoms with Crippen molar-refractivity contribution in [3.05, 3.63) is 70.7 Å². The van der Waals surface area contributed by atoms with Gasteiger partial charge in [0.1, 0.15) is 0 Å². The Hall–Kier alpha value is -0.830. The third-order valence-corrected chi connectivity index (χ3v) is 4.55. The van der Waals surface area contributed by atoms with Crippen LogP contribution in [-0.4, -0.2) is 9.45 Å². The predicted molar refractivity (Wildman–Crippen MR) is 90.4 cm³/mol. The highest BCUT2D eigenvalue weighted by molar-refractivity contribution is 8.24. The second-order valence-corrected chi connectivity index (χ2v) is 6.96. The van der Waals surface area contributed by atoms with Gasteiger partial charge in [-0.25, -0.2) is 0 Å². The lowest BCUT2D eigenvalue weighted by Crippen LogP contribution is -2.05. The second-order valence-electron chi connectivity index (χ2n) is 4.41. The first-order valence-electron chi connectivity index (χ1n) is 6.15. The Morgan fingerprint density at radius 1 is 1.11 bits per heavy atom. The highest BCUT2D eigenvalue weighted by Gasteiger charge is 2.09. The molecule has 0 spiro atoms. The van der Waals surface area contributed by atoms with Gasteiger partial charge in [0, 0.05) is 10.3 Å². The molecule has 2 aromatic rings. The molecule has 2 rings (SSSR count). The number of hydrogen-bond donors (Lipinski definition) is 0. The van der Waals surface area contributed by atoms with Crippen LogP contribution in [0.25, 0.3) is 0 Å². The Bertz CT molecular complexity index is 534. The summed E-state index contributed by atoms with van der Waals surface area (Å²) in [5, 5.41) is 1.23. The van der Waals surface area contributed by atoms with E-state index in [1.165, 1.54) is 5.56 Å². The predicted octanol–water partition coefficient (Wildman–Crippen LogP) is 5.38. The van der Waals surface area contributed by atoms with E-state index in [4.69, 9.17) is 23.8 Å². The maximum atomic E-state index is 5.89. The van der Waals surface area contributed by atoms with Crippen molar-refractivity contribution in [1.29, 1.82) is 0 Å². The minimum atomic E-state index is 0.453. The summed E-state index contributed by atoms with van der Waals surface area (Å²) in [7, 11) is 0.